The highest BCUT2D eigenvalue weighted by Crippen LogP contribution is 2.46. The number of aromatic nitrogens is 2. The Morgan fingerprint density at radius 3 is 2.43 bits per heavy atom. The van der Waals surface area contributed by atoms with E-state index in [0.717, 1.165) is 28.6 Å². The highest BCUT2D eigenvalue weighted by molar-refractivity contribution is 5.88. The molecule has 5 nitrogen and oxygen atoms in total. The summed E-state index contributed by atoms with van der Waals surface area (Å²) in [7, 11) is 0. The maximum absolute atomic E-state index is 6.20. The molecule has 0 saturated carbocycles. The molecule has 3 aromatic rings. The van der Waals surface area contributed by atoms with Crippen LogP contribution in [0.5, 0.6) is 0 Å². The predicted octanol–water partition coefficient (Wildman–Crippen LogP) is 3.69. The highest BCUT2D eigenvalue weighted by atomic mass is 15.4. The van der Waals surface area contributed by atoms with Gasteiger partial charge in [0.05, 0.1) is 17.6 Å². The molecule has 0 fully saturated rings. The molecule has 1 aromatic heterocycles. The topological polar surface area (TPSA) is 58.3 Å². The van der Waals surface area contributed by atoms with Gasteiger partial charge in [-0.05, 0) is 31.2 Å². The van der Waals surface area contributed by atoms with Crippen LogP contribution < -0.4 is 15.5 Å². The number of nitrogens with zero attached hydrogens (tertiary/aromatic N) is 4. The van der Waals surface area contributed by atoms with Crippen molar-refractivity contribution >= 4 is 28.6 Å². The Morgan fingerprint density at radius 2 is 1.65 bits per heavy atom. The third kappa shape index (κ3) is 2.09. The number of para-hydroxylation sites is 3. The van der Waals surface area contributed by atoms with Crippen molar-refractivity contribution < 1.29 is 0 Å². The first-order chi connectivity index (χ1) is 11.3. The summed E-state index contributed by atoms with van der Waals surface area (Å²) in [6.45, 7) is 2.14. The third-order valence-corrected chi connectivity index (χ3v) is 4.14. The molecule has 4 rings (SSSR count). The standard InChI is InChI=1S/C18H17N5/c1-13-22(14-7-3-2-4-8-14)18-17(11-20-12-21-18)23(13)16-10-6-5-9-15(16)19/h2-13H,19H2,1H3. The Hall–Kier alpha value is -3.08. The summed E-state index contributed by atoms with van der Waals surface area (Å²) in [5, 5.41) is 0. The summed E-state index contributed by atoms with van der Waals surface area (Å²) in [6.07, 6.45) is 3.47. The molecule has 1 aliphatic rings. The molecule has 0 radical (unpaired) electrons. The number of nitrogens with two attached hydrogens (primary N) is 1. The van der Waals surface area contributed by atoms with Crippen LogP contribution in [0.4, 0.5) is 28.6 Å². The SMILES string of the molecule is CC1N(c2ccccc2N)c2cncnc2N1c1ccccc1. The fourth-order valence-electron chi connectivity index (χ4n) is 3.13. The van der Waals surface area contributed by atoms with Gasteiger partial charge in [0.15, 0.2) is 5.82 Å². The van der Waals surface area contributed by atoms with E-state index in [1.807, 2.05) is 48.7 Å². The molecule has 0 amide bonds. The van der Waals surface area contributed by atoms with Crippen LogP contribution in [0.1, 0.15) is 6.92 Å². The Kier molecular flexibility index (Phi) is 3.12. The van der Waals surface area contributed by atoms with Gasteiger partial charge >= 0.3 is 0 Å². The molecular weight excluding hydrogens is 286 g/mol. The van der Waals surface area contributed by atoms with Crippen molar-refractivity contribution in [1.82, 2.24) is 9.97 Å². The van der Waals surface area contributed by atoms with Gasteiger partial charge in [0.1, 0.15) is 18.2 Å². The van der Waals surface area contributed by atoms with Gasteiger partial charge < -0.3 is 15.5 Å². The first-order valence-electron chi connectivity index (χ1n) is 7.55. The number of rotatable bonds is 2. The first kappa shape index (κ1) is 13.6. The van der Waals surface area contributed by atoms with Gasteiger partial charge in [0.2, 0.25) is 0 Å². The second kappa shape index (κ2) is 5.28. The number of fused-ring (bicyclic) bond motifs is 1. The third-order valence-electron chi connectivity index (χ3n) is 4.14. The number of benzene rings is 2. The van der Waals surface area contributed by atoms with E-state index >= 15 is 0 Å². The summed E-state index contributed by atoms with van der Waals surface area (Å²) in [5.41, 5.74) is 9.96. The lowest BCUT2D eigenvalue weighted by Crippen LogP contribution is -2.35. The quantitative estimate of drug-likeness (QED) is 0.732. The zero-order chi connectivity index (χ0) is 15.8. The molecule has 1 aliphatic heterocycles. The average Bonchev–Trinajstić information content (AvgIpc) is 2.88. The van der Waals surface area contributed by atoms with Crippen LogP contribution >= 0.6 is 0 Å². The molecule has 5 heteroatoms. The van der Waals surface area contributed by atoms with E-state index in [4.69, 9.17) is 5.73 Å². The monoisotopic (exact) mass is 303 g/mol. The van der Waals surface area contributed by atoms with Crippen LogP contribution in [0.3, 0.4) is 0 Å². The van der Waals surface area contributed by atoms with E-state index < -0.39 is 0 Å². The van der Waals surface area contributed by atoms with E-state index in [1.165, 1.54) is 0 Å². The zero-order valence-corrected chi connectivity index (χ0v) is 12.8. The smallest absolute Gasteiger partial charge is 0.162 e. The van der Waals surface area contributed by atoms with E-state index in [1.54, 1.807) is 6.33 Å². The zero-order valence-electron chi connectivity index (χ0n) is 12.8. The lowest BCUT2D eigenvalue weighted by atomic mass is 10.2. The van der Waals surface area contributed by atoms with Crippen LogP contribution in [-0.4, -0.2) is 16.1 Å². The van der Waals surface area contributed by atoms with Gasteiger partial charge in [-0.2, -0.15) is 0 Å². The Labute approximate surface area is 135 Å². The maximum atomic E-state index is 6.20. The Balaban J connectivity index is 1.89. The molecule has 2 aromatic carbocycles. The van der Waals surface area contributed by atoms with Gasteiger partial charge in [-0.3, -0.25) is 0 Å². The minimum absolute atomic E-state index is 0.0498. The van der Waals surface area contributed by atoms with E-state index in [0.29, 0.717) is 0 Å². The van der Waals surface area contributed by atoms with Crippen LogP contribution in [0.15, 0.2) is 67.1 Å². The fraction of sp³-hybridized carbons (Fsp3) is 0.111. The molecule has 2 heterocycles. The van der Waals surface area contributed by atoms with E-state index in [2.05, 4.69) is 38.8 Å². The second-order valence-electron chi connectivity index (χ2n) is 5.50. The van der Waals surface area contributed by atoms with Crippen molar-refractivity contribution in [2.45, 2.75) is 13.1 Å². The molecule has 23 heavy (non-hydrogen) atoms. The van der Waals surface area contributed by atoms with Crippen molar-refractivity contribution in [3.63, 3.8) is 0 Å². The van der Waals surface area contributed by atoms with Crippen molar-refractivity contribution in [3.05, 3.63) is 67.1 Å². The molecule has 0 bridgehead atoms. The number of hydrogen-bond acceptors (Lipinski definition) is 5. The van der Waals surface area contributed by atoms with E-state index in [-0.39, 0.29) is 6.17 Å². The average molecular weight is 303 g/mol. The second-order valence-corrected chi connectivity index (χ2v) is 5.50. The minimum atomic E-state index is 0.0498. The van der Waals surface area contributed by atoms with Crippen LogP contribution in [-0.2, 0) is 0 Å². The largest absolute Gasteiger partial charge is 0.397 e. The lowest BCUT2D eigenvalue weighted by Gasteiger charge is -2.30. The van der Waals surface area contributed by atoms with Gasteiger partial charge in [0, 0.05) is 5.69 Å². The van der Waals surface area contributed by atoms with Crippen molar-refractivity contribution in [2.75, 3.05) is 15.5 Å². The Morgan fingerprint density at radius 1 is 0.913 bits per heavy atom. The molecule has 0 spiro atoms. The normalized spacial score (nSPS) is 16.5. The van der Waals surface area contributed by atoms with Crippen molar-refractivity contribution in [3.8, 4) is 0 Å². The Bertz CT molecular complexity index is 834. The summed E-state index contributed by atoms with van der Waals surface area (Å²) in [4.78, 5) is 13.1. The molecule has 1 unspecified atom stereocenters. The molecule has 0 aliphatic carbocycles. The molecular formula is C18H17N5. The molecule has 114 valence electrons. The van der Waals surface area contributed by atoms with Crippen molar-refractivity contribution in [1.29, 1.82) is 0 Å². The molecule has 1 atom stereocenters. The van der Waals surface area contributed by atoms with Gasteiger partial charge in [-0.15, -0.1) is 0 Å². The number of hydrogen-bond donors (Lipinski definition) is 1. The van der Waals surface area contributed by atoms with E-state index in [9.17, 15) is 0 Å². The minimum Gasteiger partial charge on any atom is -0.397 e. The van der Waals surface area contributed by atoms with Crippen LogP contribution in [0.25, 0.3) is 0 Å². The van der Waals surface area contributed by atoms with Crippen LogP contribution in [0.2, 0.25) is 0 Å². The predicted molar refractivity (Wildman–Crippen MR) is 93.1 cm³/mol. The molecule has 2 N–H and O–H groups in total. The highest BCUT2D eigenvalue weighted by Gasteiger charge is 2.36. The molecule has 0 saturated heterocycles. The lowest BCUT2D eigenvalue weighted by molar-refractivity contribution is 0.758. The summed E-state index contributed by atoms with van der Waals surface area (Å²) in [5.74, 6) is 0.891. The first-order valence-corrected chi connectivity index (χ1v) is 7.55. The summed E-state index contributed by atoms with van der Waals surface area (Å²) < 4.78 is 0. The summed E-state index contributed by atoms with van der Waals surface area (Å²) >= 11 is 0. The summed E-state index contributed by atoms with van der Waals surface area (Å²) in [6, 6.07) is 18.1. The number of nitrogen functional groups attached to an aromatic ring is 1. The van der Waals surface area contributed by atoms with Crippen molar-refractivity contribution in [2.24, 2.45) is 0 Å². The maximum Gasteiger partial charge on any atom is 0.162 e. The van der Waals surface area contributed by atoms with Gasteiger partial charge in [-0.25, -0.2) is 9.97 Å². The fourth-order valence-corrected chi connectivity index (χ4v) is 3.13. The van der Waals surface area contributed by atoms with Crippen LogP contribution in [0, 0.1) is 0 Å². The number of anilines is 5. The van der Waals surface area contributed by atoms with Gasteiger partial charge in [-0.1, -0.05) is 30.3 Å². The van der Waals surface area contributed by atoms with Gasteiger partial charge in [0.25, 0.3) is 0 Å².